The first-order valence-electron chi connectivity index (χ1n) is 7.25. The van der Waals surface area contributed by atoms with Gasteiger partial charge in [0.05, 0.1) is 0 Å². The first-order chi connectivity index (χ1) is 9.15. The Labute approximate surface area is 128 Å². The summed E-state index contributed by atoms with van der Waals surface area (Å²) in [7, 11) is 0. The Bertz CT molecular complexity index is 405. The van der Waals surface area contributed by atoms with Crippen LogP contribution < -0.4 is 4.74 Å². The average Bonchev–Trinajstić information content (AvgIpc) is 2.41. The molecule has 1 aromatic carbocycles. The topological polar surface area (TPSA) is 32.7 Å². The largest absolute Gasteiger partial charge is 0.491 e. The lowest BCUT2D eigenvalue weighted by atomic mass is 10.1. The molecular formula is C16H26ClNO2. The van der Waals surface area contributed by atoms with E-state index in [2.05, 4.69) is 24.0 Å². The molecular weight excluding hydrogens is 274 g/mol. The van der Waals surface area contributed by atoms with E-state index in [1.807, 2.05) is 13.0 Å². The van der Waals surface area contributed by atoms with Crippen LogP contribution in [0.25, 0.3) is 0 Å². The van der Waals surface area contributed by atoms with Crippen molar-refractivity contribution >= 4 is 12.4 Å². The number of likely N-dealkylation sites (tertiary alicyclic amines) is 1. The summed E-state index contributed by atoms with van der Waals surface area (Å²) < 4.78 is 5.74. The number of halogens is 1. The number of hydrogen-bond acceptors (Lipinski definition) is 3. The van der Waals surface area contributed by atoms with Crippen molar-refractivity contribution in [1.82, 2.24) is 4.90 Å². The Hall–Kier alpha value is -0.770. The number of benzene rings is 1. The van der Waals surface area contributed by atoms with E-state index in [1.165, 1.54) is 24.8 Å². The molecule has 20 heavy (non-hydrogen) atoms. The van der Waals surface area contributed by atoms with Gasteiger partial charge in [0.25, 0.3) is 0 Å². The van der Waals surface area contributed by atoms with Crippen LogP contribution in [0.1, 0.15) is 30.4 Å². The van der Waals surface area contributed by atoms with Crippen molar-refractivity contribution in [1.29, 1.82) is 0 Å². The normalized spacial score (nSPS) is 17.4. The molecule has 1 heterocycles. The van der Waals surface area contributed by atoms with Gasteiger partial charge in [-0.05, 0) is 57.0 Å². The Balaban J connectivity index is 0.00000200. The monoisotopic (exact) mass is 299 g/mol. The van der Waals surface area contributed by atoms with Crippen molar-refractivity contribution < 1.29 is 9.84 Å². The molecule has 0 bridgehead atoms. The first kappa shape index (κ1) is 17.3. The molecule has 0 spiro atoms. The number of β-amino-alcohol motifs (C(OH)–C–C–N with tert-alkyl or cyclic N) is 1. The zero-order chi connectivity index (χ0) is 13.7. The van der Waals surface area contributed by atoms with Gasteiger partial charge in [-0.25, -0.2) is 0 Å². The molecule has 3 nitrogen and oxygen atoms in total. The van der Waals surface area contributed by atoms with E-state index in [0.717, 1.165) is 30.9 Å². The molecule has 114 valence electrons. The summed E-state index contributed by atoms with van der Waals surface area (Å²) in [4.78, 5) is 2.33. The number of ether oxygens (including phenoxy) is 1. The summed E-state index contributed by atoms with van der Waals surface area (Å²) in [6.45, 7) is 7.41. The van der Waals surface area contributed by atoms with Gasteiger partial charge < -0.3 is 14.7 Å². The fourth-order valence-corrected chi connectivity index (χ4v) is 2.54. The van der Waals surface area contributed by atoms with Gasteiger partial charge in [-0.1, -0.05) is 18.6 Å². The van der Waals surface area contributed by atoms with Crippen LogP contribution in [0.2, 0.25) is 0 Å². The van der Waals surface area contributed by atoms with Gasteiger partial charge in [0.15, 0.2) is 0 Å². The molecule has 1 aliphatic heterocycles. The van der Waals surface area contributed by atoms with Crippen LogP contribution in [-0.4, -0.2) is 42.4 Å². The van der Waals surface area contributed by atoms with Gasteiger partial charge in [0, 0.05) is 6.54 Å². The zero-order valence-electron chi connectivity index (χ0n) is 12.5. The zero-order valence-corrected chi connectivity index (χ0v) is 13.3. The van der Waals surface area contributed by atoms with Crippen LogP contribution in [-0.2, 0) is 0 Å². The minimum absolute atomic E-state index is 0. The number of aliphatic hydroxyl groups excluding tert-OH is 1. The third kappa shape index (κ3) is 5.31. The Morgan fingerprint density at radius 2 is 1.90 bits per heavy atom. The predicted octanol–water partition coefficient (Wildman–Crippen LogP) is 2.95. The van der Waals surface area contributed by atoms with Crippen molar-refractivity contribution in [2.45, 2.75) is 39.2 Å². The average molecular weight is 300 g/mol. The van der Waals surface area contributed by atoms with E-state index >= 15 is 0 Å². The van der Waals surface area contributed by atoms with Gasteiger partial charge in [-0.15, -0.1) is 12.4 Å². The standard InChI is InChI=1S/C16H25NO2.ClH/c1-13-6-7-14(2)16(10-13)19-12-15(18)11-17-8-4-3-5-9-17;/h6-7,10,15,18H,3-5,8-9,11-12H2,1-2H3;1H. The van der Waals surface area contributed by atoms with Crippen LogP contribution in [0.5, 0.6) is 5.75 Å². The molecule has 0 radical (unpaired) electrons. The summed E-state index contributed by atoms with van der Waals surface area (Å²) in [6, 6.07) is 6.16. The maximum absolute atomic E-state index is 10.1. The van der Waals surface area contributed by atoms with Crippen molar-refractivity contribution in [2.75, 3.05) is 26.2 Å². The molecule has 1 aliphatic rings. The van der Waals surface area contributed by atoms with Gasteiger partial charge in [0.1, 0.15) is 18.5 Å². The van der Waals surface area contributed by atoms with E-state index in [0.29, 0.717) is 6.61 Å². The molecule has 0 amide bonds. The Kier molecular flexibility index (Phi) is 7.35. The number of aliphatic hydroxyl groups is 1. The molecule has 4 heteroatoms. The number of piperidine rings is 1. The third-order valence-corrected chi connectivity index (χ3v) is 3.69. The fourth-order valence-electron chi connectivity index (χ4n) is 2.54. The number of nitrogens with zero attached hydrogens (tertiary/aromatic N) is 1. The highest BCUT2D eigenvalue weighted by Crippen LogP contribution is 2.19. The van der Waals surface area contributed by atoms with E-state index in [4.69, 9.17) is 4.74 Å². The minimum atomic E-state index is -0.405. The molecule has 1 N–H and O–H groups in total. The van der Waals surface area contributed by atoms with E-state index in [9.17, 15) is 5.11 Å². The molecule has 1 fully saturated rings. The number of rotatable bonds is 5. The molecule has 1 aromatic rings. The molecule has 0 saturated carbocycles. The summed E-state index contributed by atoms with van der Waals surface area (Å²) in [6.07, 6.45) is 3.43. The molecule has 1 unspecified atom stereocenters. The van der Waals surface area contributed by atoms with Crippen LogP contribution >= 0.6 is 12.4 Å². The van der Waals surface area contributed by atoms with Crippen molar-refractivity contribution in [2.24, 2.45) is 0 Å². The van der Waals surface area contributed by atoms with E-state index < -0.39 is 6.10 Å². The van der Waals surface area contributed by atoms with E-state index in [-0.39, 0.29) is 12.4 Å². The van der Waals surface area contributed by atoms with Gasteiger partial charge in [0.2, 0.25) is 0 Å². The van der Waals surface area contributed by atoms with Crippen molar-refractivity contribution in [3.8, 4) is 5.75 Å². The maximum atomic E-state index is 10.1. The van der Waals surface area contributed by atoms with Gasteiger partial charge in [-0.3, -0.25) is 0 Å². The van der Waals surface area contributed by atoms with Gasteiger partial charge in [-0.2, -0.15) is 0 Å². The smallest absolute Gasteiger partial charge is 0.122 e. The lowest BCUT2D eigenvalue weighted by Gasteiger charge is -2.28. The van der Waals surface area contributed by atoms with E-state index in [1.54, 1.807) is 0 Å². The van der Waals surface area contributed by atoms with Crippen LogP contribution in [0.4, 0.5) is 0 Å². The van der Waals surface area contributed by atoms with Crippen LogP contribution in [0.15, 0.2) is 18.2 Å². The lowest BCUT2D eigenvalue weighted by molar-refractivity contribution is 0.0615. The molecule has 2 rings (SSSR count). The fraction of sp³-hybridized carbons (Fsp3) is 0.625. The summed E-state index contributed by atoms with van der Waals surface area (Å²) >= 11 is 0. The minimum Gasteiger partial charge on any atom is -0.491 e. The number of hydrogen-bond donors (Lipinski definition) is 1. The first-order valence-corrected chi connectivity index (χ1v) is 7.25. The lowest BCUT2D eigenvalue weighted by Crippen LogP contribution is -2.38. The second-order valence-corrected chi connectivity index (χ2v) is 5.60. The Morgan fingerprint density at radius 3 is 2.60 bits per heavy atom. The third-order valence-electron chi connectivity index (χ3n) is 3.69. The quantitative estimate of drug-likeness (QED) is 0.907. The van der Waals surface area contributed by atoms with Crippen LogP contribution in [0, 0.1) is 13.8 Å². The summed E-state index contributed by atoms with van der Waals surface area (Å²) in [5.41, 5.74) is 2.31. The van der Waals surface area contributed by atoms with Gasteiger partial charge >= 0.3 is 0 Å². The second-order valence-electron chi connectivity index (χ2n) is 5.60. The molecule has 1 atom stereocenters. The molecule has 1 saturated heterocycles. The second kappa shape index (κ2) is 8.50. The molecule has 0 aliphatic carbocycles. The Morgan fingerprint density at radius 1 is 1.20 bits per heavy atom. The highest BCUT2D eigenvalue weighted by Gasteiger charge is 2.15. The highest BCUT2D eigenvalue weighted by molar-refractivity contribution is 5.85. The van der Waals surface area contributed by atoms with Crippen molar-refractivity contribution in [3.05, 3.63) is 29.3 Å². The predicted molar refractivity (Wildman–Crippen MR) is 85.0 cm³/mol. The SMILES string of the molecule is Cc1ccc(C)c(OCC(O)CN2CCCCC2)c1.Cl. The summed E-state index contributed by atoms with van der Waals surface area (Å²) in [5, 5.41) is 10.1. The molecule has 0 aromatic heterocycles. The number of aryl methyl sites for hydroxylation is 2. The van der Waals surface area contributed by atoms with Crippen LogP contribution in [0.3, 0.4) is 0 Å². The maximum Gasteiger partial charge on any atom is 0.122 e. The highest BCUT2D eigenvalue weighted by atomic mass is 35.5. The summed E-state index contributed by atoms with van der Waals surface area (Å²) in [5.74, 6) is 0.887. The van der Waals surface area contributed by atoms with Crippen molar-refractivity contribution in [3.63, 3.8) is 0 Å².